The van der Waals surface area contributed by atoms with Gasteiger partial charge in [-0.15, -0.1) is 0 Å². The van der Waals surface area contributed by atoms with Crippen LogP contribution in [-0.4, -0.2) is 19.3 Å². The van der Waals surface area contributed by atoms with Crippen molar-refractivity contribution in [3.8, 4) is 5.75 Å². The Balaban J connectivity index is 1.64. The van der Waals surface area contributed by atoms with Crippen LogP contribution in [0.15, 0.2) is 42.5 Å². The highest BCUT2D eigenvalue weighted by molar-refractivity contribution is 5.94. The zero-order chi connectivity index (χ0) is 18.0. The Morgan fingerprint density at radius 2 is 1.96 bits per heavy atom. The third-order valence-electron chi connectivity index (χ3n) is 4.53. The smallest absolute Gasteiger partial charge is 0.324 e. The van der Waals surface area contributed by atoms with Gasteiger partial charge in [0.05, 0.1) is 0 Å². The van der Waals surface area contributed by atoms with E-state index in [1.807, 2.05) is 30.3 Å². The highest BCUT2D eigenvalue weighted by Crippen LogP contribution is 2.32. The van der Waals surface area contributed by atoms with E-state index in [9.17, 15) is 4.79 Å². The molecular weight excluding hydrogens is 312 g/mol. The number of amides is 2. The third kappa shape index (κ3) is 3.78. The Morgan fingerprint density at radius 1 is 1.20 bits per heavy atom. The minimum atomic E-state index is -0.116. The topological polar surface area (TPSA) is 41.6 Å². The average Bonchev–Trinajstić information content (AvgIpc) is 2.99. The lowest BCUT2D eigenvalue weighted by molar-refractivity contribution is 0.228. The minimum absolute atomic E-state index is 0.0146. The van der Waals surface area contributed by atoms with Crippen LogP contribution in [0.3, 0.4) is 0 Å². The summed E-state index contributed by atoms with van der Waals surface area (Å²) in [6, 6.07) is 14.1. The molecule has 2 aromatic rings. The highest BCUT2D eigenvalue weighted by Gasteiger charge is 2.24. The molecule has 0 aliphatic carbocycles. The van der Waals surface area contributed by atoms with Crippen molar-refractivity contribution in [2.24, 2.45) is 0 Å². The van der Waals surface area contributed by atoms with Crippen LogP contribution in [0.5, 0.6) is 5.75 Å². The van der Waals surface area contributed by atoms with Crippen molar-refractivity contribution in [2.45, 2.75) is 39.5 Å². The first kappa shape index (κ1) is 17.3. The number of anilines is 1. The number of para-hydroxylation sites is 1. The number of urea groups is 1. The molecule has 1 aliphatic heterocycles. The number of carbonyl (C=O) groups is 1. The summed E-state index contributed by atoms with van der Waals surface area (Å²) in [5.41, 5.74) is 4.54. The zero-order valence-corrected chi connectivity index (χ0v) is 15.4. The molecule has 1 heterocycles. The molecule has 0 saturated heterocycles. The first-order valence-corrected chi connectivity index (χ1v) is 8.73. The van der Waals surface area contributed by atoms with E-state index in [-0.39, 0.29) is 18.2 Å². The lowest BCUT2D eigenvalue weighted by Crippen LogP contribution is -2.40. The van der Waals surface area contributed by atoms with Crippen LogP contribution in [0.4, 0.5) is 10.5 Å². The summed E-state index contributed by atoms with van der Waals surface area (Å²) >= 11 is 0. The molecule has 0 saturated carbocycles. The SMILES string of the molecule is Cc1ccc(OCNC(=O)N2CCc3ccccc32)c(C(C)(C)C)c1. The Labute approximate surface area is 149 Å². The third-order valence-corrected chi connectivity index (χ3v) is 4.53. The Bertz CT molecular complexity index is 778. The molecule has 2 amide bonds. The van der Waals surface area contributed by atoms with E-state index in [4.69, 9.17) is 4.74 Å². The van der Waals surface area contributed by atoms with Crippen molar-refractivity contribution < 1.29 is 9.53 Å². The summed E-state index contributed by atoms with van der Waals surface area (Å²) in [6.45, 7) is 9.43. The minimum Gasteiger partial charge on any atom is -0.473 e. The number of hydrogen-bond donors (Lipinski definition) is 1. The van der Waals surface area contributed by atoms with Gasteiger partial charge in [0.25, 0.3) is 0 Å². The van der Waals surface area contributed by atoms with Crippen LogP contribution >= 0.6 is 0 Å². The molecule has 0 unspecified atom stereocenters. The van der Waals surface area contributed by atoms with Gasteiger partial charge in [-0.3, -0.25) is 4.90 Å². The average molecular weight is 338 g/mol. The lowest BCUT2D eigenvalue weighted by Gasteiger charge is -2.24. The molecule has 25 heavy (non-hydrogen) atoms. The van der Waals surface area contributed by atoms with Crippen molar-refractivity contribution in [1.82, 2.24) is 5.32 Å². The second kappa shape index (κ2) is 6.79. The number of carbonyl (C=O) groups excluding carboxylic acids is 1. The van der Waals surface area contributed by atoms with Crippen molar-refractivity contribution in [3.05, 3.63) is 59.2 Å². The zero-order valence-electron chi connectivity index (χ0n) is 15.4. The maximum absolute atomic E-state index is 12.5. The van der Waals surface area contributed by atoms with Crippen LogP contribution in [0, 0.1) is 6.92 Å². The normalized spacial score (nSPS) is 13.5. The number of ether oxygens (including phenoxy) is 1. The number of benzene rings is 2. The van der Waals surface area contributed by atoms with Gasteiger partial charge in [0.15, 0.2) is 6.73 Å². The second-order valence-electron chi connectivity index (χ2n) is 7.55. The number of nitrogens with one attached hydrogen (secondary N) is 1. The van der Waals surface area contributed by atoms with Gasteiger partial charge in [0.1, 0.15) is 5.75 Å². The monoisotopic (exact) mass is 338 g/mol. The molecule has 1 aliphatic rings. The van der Waals surface area contributed by atoms with E-state index >= 15 is 0 Å². The van der Waals surface area contributed by atoms with E-state index in [1.54, 1.807) is 4.90 Å². The summed E-state index contributed by atoms with van der Waals surface area (Å²) in [5.74, 6) is 0.820. The van der Waals surface area contributed by atoms with Gasteiger partial charge < -0.3 is 10.1 Å². The maximum atomic E-state index is 12.5. The number of nitrogens with zero attached hydrogens (tertiary/aromatic N) is 1. The van der Waals surface area contributed by atoms with Crippen molar-refractivity contribution in [3.63, 3.8) is 0 Å². The molecule has 3 rings (SSSR count). The van der Waals surface area contributed by atoms with Crippen LogP contribution in [0.1, 0.15) is 37.5 Å². The molecule has 4 nitrogen and oxygen atoms in total. The van der Waals surface area contributed by atoms with E-state index in [1.165, 1.54) is 11.1 Å². The van der Waals surface area contributed by atoms with Gasteiger partial charge >= 0.3 is 6.03 Å². The van der Waals surface area contributed by atoms with Crippen molar-refractivity contribution in [1.29, 1.82) is 0 Å². The summed E-state index contributed by atoms with van der Waals surface area (Å²) in [4.78, 5) is 14.2. The van der Waals surface area contributed by atoms with E-state index in [0.717, 1.165) is 23.4 Å². The summed E-state index contributed by atoms with van der Waals surface area (Å²) in [6.07, 6.45) is 0.899. The lowest BCUT2D eigenvalue weighted by atomic mass is 9.85. The molecule has 132 valence electrons. The molecule has 0 bridgehead atoms. The molecule has 0 aromatic heterocycles. The fourth-order valence-electron chi connectivity index (χ4n) is 3.18. The van der Waals surface area contributed by atoms with Gasteiger partial charge in [0, 0.05) is 12.2 Å². The van der Waals surface area contributed by atoms with Crippen molar-refractivity contribution >= 4 is 11.7 Å². The summed E-state index contributed by atoms with van der Waals surface area (Å²) < 4.78 is 5.88. The molecule has 0 atom stereocenters. The van der Waals surface area contributed by atoms with Gasteiger partial charge in [-0.05, 0) is 42.0 Å². The standard InChI is InChI=1S/C21H26N2O2/c1-15-9-10-19(17(13-15)21(2,3)4)25-14-22-20(24)23-12-11-16-7-5-6-8-18(16)23/h5-10,13H,11-12,14H2,1-4H3,(H,22,24). The molecule has 4 heteroatoms. The van der Waals surface area contributed by atoms with Gasteiger partial charge in [-0.2, -0.15) is 0 Å². The van der Waals surface area contributed by atoms with E-state index in [0.29, 0.717) is 6.54 Å². The van der Waals surface area contributed by atoms with E-state index < -0.39 is 0 Å². The predicted molar refractivity (Wildman–Crippen MR) is 101 cm³/mol. The molecule has 2 aromatic carbocycles. The number of aryl methyl sites for hydroxylation is 1. The largest absolute Gasteiger partial charge is 0.473 e. The van der Waals surface area contributed by atoms with Crippen LogP contribution in [-0.2, 0) is 11.8 Å². The Hall–Kier alpha value is -2.49. The Morgan fingerprint density at radius 3 is 2.72 bits per heavy atom. The maximum Gasteiger partial charge on any atom is 0.324 e. The fourth-order valence-corrected chi connectivity index (χ4v) is 3.18. The Kier molecular flexibility index (Phi) is 4.71. The number of rotatable bonds is 3. The van der Waals surface area contributed by atoms with Crippen molar-refractivity contribution in [2.75, 3.05) is 18.2 Å². The summed E-state index contributed by atoms with van der Waals surface area (Å²) in [5, 5.41) is 2.87. The summed E-state index contributed by atoms with van der Waals surface area (Å²) in [7, 11) is 0. The van der Waals surface area contributed by atoms with Crippen LogP contribution < -0.4 is 15.0 Å². The van der Waals surface area contributed by atoms with Crippen LogP contribution in [0.2, 0.25) is 0 Å². The molecule has 1 N–H and O–H groups in total. The van der Waals surface area contributed by atoms with Crippen LogP contribution in [0.25, 0.3) is 0 Å². The van der Waals surface area contributed by atoms with Gasteiger partial charge in [-0.25, -0.2) is 4.79 Å². The second-order valence-corrected chi connectivity index (χ2v) is 7.55. The molecule has 0 spiro atoms. The predicted octanol–water partition coefficient (Wildman–Crippen LogP) is 4.40. The molecular formula is C21H26N2O2. The van der Waals surface area contributed by atoms with E-state index in [2.05, 4.69) is 45.1 Å². The highest BCUT2D eigenvalue weighted by atomic mass is 16.5. The quantitative estimate of drug-likeness (QED) is 0.843. The van der Waals surface area contributed by atoms with Gasteiger partial charge in [-0.1, -0.05) is 56.7 Å². The molecule has 0 fully saturated rings. The first-order chi connectivity index (χ1) is 11.9. The molecule has 0 radical (unpaired) electrons. The first-order valence-electron chi connectivity index (χ1n) is 8.73. The number of hydrogen-bond acceptors (Lipinski definition) is 2. The number of fused-ring (bicyclic) bond motifs is 1. The fraction of sp³-hybridized carbons (Fsp3) is 0.381. The van der Waals surface area contributed by atoms with Gasteiger partial charge in [0.2, 0.25) is 0 Å².